The number of carbonyl (C=O) groups is 3. The predicted molar refractivity (Wildman–Crippen MR) is 67.4 cm³/mol. The Bertz CT molecular complexity index is 377. The molecule has 1 aliphatic carbocycles. The maximum atomic E-state index is 11.9. The van der Waals surface area contributed by atoms with E-state index in [0.29, 0.717) is 6.42 Å². The van der Waals surface area contributed by atoms with E-state index in [0.717, 1.165) is 25.7 Å². The Kier molecular flexibility index (Phi) is 4.39. The van der Waals surface area contributed by atoms with Crippen LogP contribution in [0.3, 0.4) is 0 Å². The average Bonchev–Trinajstić information content (AvgIpc) is 2.72. The minimum atomic E-state index is -1.03. The molecule has 1 aliphatic heterocycles. The van der Waals surface area contributed by atoms with Crippen molar-refractivity contribution in [3.05, 3.63) is 0 Å². The van der Waals surface area contributed by atoms with Crippen LogP contribution in [0.4, 0.5) is 0 Å². The zero-order valence-corrected chi connectivity index (χ0v) is 10.9. The summed E-state index contributed by atoms with van der Waals surface area (Å²) in [6.07, 6.45) is 5.90. The van der Waals surface area contributed by atoms with Gasteiger partial charge in [-0.1, -0.05) is 19.3 Å². The standard InChI is InChI=1S/C13H20N2O4/c16-11(14-9-4-2-1-3-5-9)8-15-10(13(18)19)6-7-12(15)17/h9-10H,1-8H2,(H,14,16)(H,18,19). The van der Waals surface area contributed by atoms with Gasteiger partial charge in [0.25, 0.3) is 0 Å². The molecule has 2 aliphatic rings. The largest absolute Gasteiger partial charge is 0.480 e. The highest BCUT2D eigenvalue weighted by Gasteiger charge is 2.37. The number of amides is 2. The van der Waals surface area contributed by atoms with Gasteiger partial charge in [-0.2, -0.15) is 0 Å². The molecule has 2 fully saturated rings. The van der Waals surface area contributed by atoms with Crippen LogP contribution in [0.25, 0.3) is 0 Å². The average molecular weight is 268 g/mol. The van der Waals surface area contributed by atoms with Crippen LogP contribution >= 0.6 is 0 Å². The molecule has 1 unspecified atom stereocenters. The van der Waals surface area contributed by atoms with Crippen molar-refractivity contribution in [3.63, 3.8) is 0 Å². The van der Waals surface area contributed by atoms with E-state index in [9.17, 15) is 14.4 Å². The minimum Gasteiger partial charge on any atom is -0.480 e. The number of hydrogen-bond acceptors (Lipinski definition) is 3. The van der Waals surface area contributed by atoms with Crippen molar-refractivity contribution >= 4 is 17.8 Å². The quantitative estimate of drug-likeness (QED) is 0.778. The summed E-state index contributed by atoms with van der Waals surface area (Å²) < 4.78 is 0. The molecule has 106 valence electrons. The van der Waals surface area contributed by atoms with Gasteiger partial charge in [-0.3, -0.25) is 9.59 Å². The Hall–Kier alpha value is -1.59. The molecule has 0 aromatic heterocycles. The zero-order valence-electron chi connectivity index (χ0n) is 10.9. The third kappa shape index (κ3) is 3.45. The summed E-state index contributed by atoms with van der Waals surface area (Å²) in [6.45, 7) is -0.133. The third-order valence-corrected chi connectivity index (χ3v) is 3.90. The first-order valence-corrected chi connectivity index (χ1v) is 6.89. The van der Waals surface area contributed by atoms with Crippen molar-refractivity contribution in [2.45, 2.75) is 57.0 Å². The summed E-state index contributed by atoms with van der Waals surface area (Å²) in [5.41, 5.74) is 0. The monoisotopic (exact) mass is 268 g/mol. The number of aliphatic carboxylic acids is 1. The molecule has 0 aromatic carbocycles. The highest BCUT2D eigenvalue weighted by molar-refractivity contribution is 5.91. The van der Waals surface area contributed by atoms with E-state index in [2.05, 4.69) is 5.32 Å². The predicted octanol–water partition coefficient (Wildman–Crippen LogP) is 0.511. The van der Waals surface area contributed by atoms with E-state index < -0.39 is 12.0 Å². The Balaban J connectivity index is 1.86. The number of hydrogen-bond donors (Lipinski definition) is 2. The minimum absolute atomic E-state index is 0.133. The van der Waals surface area contributed by atoms with Gasteiger partial charge >= 0.3 is 5.97 Å². The number of likely N-dealkylation sites (tertiary alicyclic amines) is 1. The summed E-state index contributed by atoms with van der Waals surface area (Å²) in [5, 5.41) is 11.9. The van der Waals surface area contributed by atoms with Crippen molar-refractivity contribution in [2.75, 3.05) is 6.54 Å². The summed E-state index contributed by atoms with van der Waals surface area (Å²) >= 11 is 0. The lowest BCUT2D eigenvalue weighted by atomic mass is 9.95. The maximum Gasteiger partial charge on any atom is 0.326 e. The van der Waals surface area contributed by atoms with Gasteiger partial charge in [0.1, 0.15) is 12.6 Å². The van der Waals surface area contributed by atoms with Crippen molar-refractivity contribution in [1.29, 1.82) is 0 Å². The molecule has 0 bridgehead atoms. The van der Waals surface area contributed by atoms with Gasteiger partial charge < -0.3 is 15.3 Å². The van der Waals surface area contributed by atoms with E-state index >= 15 is 0 Å². The molecule has 1 heterocycles. The van der Waals surface area contributed by atoms with E-state index in [-0.39, 0.29) is 30.8 Å². The molecule has 1 saturated carbocycles. The van der Waals surface area contributed by atoms with E-state index in [1.165, 1.54) is 11.3 Å². The summed E-state index contributed by atoms with van der Waals surface area (Å²) in [4.78, 5) is 35.7. The lowest BCUT2D eigenvalue weighted by Crippen LogP contribution is -2.47. The van der Waals surface area contributed by atoms with Crippen molar-refractivity contribution in [3.8, 4) is 0 Å². The first-order valence-electron chi connectivity index (χ1n) is 6.89. The Morgan fingerprint density at radius 3 is 2.53 bits per heavy atom. The molecule has 0 spiro atoms. The van der Waals surface area contributed by atoms with Crippen LogP contribution in [0.1, 0.15) is 44.9 Å². The number of carbonyl (C=O) groups excluding carboxylic acids is 2. The normalized spacial score (nSPS) is 24.5. The summed E-state index contributed by atoms with van der Waals surface area (Å²) in [7, 11) is 0. The van der Waals surface area contributed by atoms with Crippen LogP contribution in [0.15, 0.2) is 0 Å². The van der Waals surface area contributed by atoms with E-state index in [1.807, 2.05) is 0 Å². The van der Waals surface area contributed by atoms with Crippen LogP contribution in [0.5, 0.6) is 0 Å². The molecule has 6 heteroatoms. The van der Waals surface area contributed by atoms with Crippen molar-refractivity contribution in [1.82, 2.24) is 10.2 Å². The second kappa shape index (κ2) is 6.04. The molecule has 0 radical (unpaired) electrons. The number of nitrogens with zero attached hydrogens (tertiary/aromatic N) is 1. The maximum absolute atomic E-state index is 11.9. The lowest BCUT2D eigenvalue weighted by molar-refractivity contribution is -0.147. The Labute approximate surface area is 112 Å². The fourth-order valence-corrected chi connectivity index (χ4v) is 2.86. The molecular formula is C13H20N2O4. The van der Waals surface area contributed by atoms with E-state index in [4.69, 9.17) is 5.11 Å². The Morgan fingerprint density at radius 1 is 1.21 bits per heavy atom. The van der Waals surface area contributed by atoms with Crippen LogP contribution in [0, 0.1) is 0 Å². The van der Waals surface area contributed by atoms with Gasteiger partial charge in [0.2, 0.25) is 11.8 Å². The first-order chi connectivity index (χ1) is 9.08. The second-order valence-electron chi connectivity index (χ2n) is 5.32. The SMILES string of the molecule is O=C(CN1C(=O)CCC1C(=O)O)NC1CCCCC1. The van der Waals surface area contributed by atoms with Crippen molar-refractivity contribution < 1.29 is 19.5 Å². The molecule has 0 aromatic rings. The second-order valence-corrected chi connectivity index (χ2v) is 5.32. The zero-order chi connectivity index (χ0) is 13.8. The highest BCUT2D eigenvalue weighted by Crippen LogP contribution is 2.20. The third-order valence-electron chi connectivity index (χ3n) is 3.90. The summed E-state index contributed by atoms with van der Waals surface area (Å²) in [5.74, 6) is -1.52. The summed E-state index contributed by atoms with van der Waals surface area (Å²) in [6, 6.07) is -0.660. The molecule has 2 amide bonds. The van der Waals surface area contributed by atoms with Gasteiger partial charge in [0.05, 0.1) is 0 Å². The van der Waals surface area contributed by atoms with Crippen molar-refractivity contribution in [2.24, 2.45) is 0 Å². The van der Waals surface area contributed by atoms with Gasteiger partial charge in [-0.05, 0) is 19.3 Å². The fourth-order valence-electron chi connectivity index (χ4n) is 2.86. The van der Waals surface area contributed by atoms with Gasteiger partial charge in [0, 0.05) is 12.5 Å². The molecule has 2 N–H and O–H groups in total. The van der Waals surface area contributed by atoms with Gasteiger partial charge in [-0.25, -0.2) is 4.79 Å². The molecule has 2 rings (SSSR count). The van der Waals surface area contributed by atoms with E-state index in [1.54, 1.807) is 0 Å². The number of nitrogens with one attached hydrogen (secondary N) is 1. The fraction of sp³-hybridized carbons (Fsp3) is 0.769. The topological polar surface area (TPSA) is 86.7 Å². The number of rotatable bonds is 4. The van der Waals surface area contributed by atoms with Gasteiger partial charge in [-0.15, -0.1) is 0 Å². The Morgan fingerprint density at radius 2 is 1.89 bits per heavy atom. The molecule has 19 heavy (non-hydrogen) atoms. The van der Waals surface area contributed by atoms with Crippen LogP contribution < -0.4 is 5.32 Å². The first kappa shape index (κ1) is 13.8. The smallest absolute Gasteiger partial charge is 0.326 e. The van der Waals surface area contributed by atoms with Crippen LogP contribution in [-0.4, -0.2) is 46.4 Å². The molecule has 1 atom stereocenters. The number of carboxylic acids is 1. The van der Waals surface area contributed by atoms with Crippen LogP contribution in [0.2, 0.25) is 0 Å². The number of carboxylic acid groups (broad SMARTS) is 1. The highest BCUT2D eigenvalue weighted by atomic mass is 16.4. The van der Waals surface area contributed by atoms with Gasteiger partial charge in [0.15, 0.2) is 0 Å². The molecule has 6 nitrogen and oxygen atoms in total. The lowest BCUT2D eigenvalue weighted by Gasteiger charge is -2.25. The molecular weight excluding hydrogens is 248 g/mol. The molecule has 1 saturated heterocycles. The van der Waals surface area contributed by atoms with Crippen LogP contribution in [-0.2, 0) is 14.4 Å².